The summed E-state index contributed by atoms with van der Waals surface area (Å²) in [6, 6.07) is 2.00. The maximum Gasteiger partial charge on any atom is 0.244 e. The van der Waals surface area contributed by atoms with Crippen molar-refractivity contribution < 1.29 is 9.53 Å². The van der Waals surface area contributed by atoms with Crippen molar-refractivity contribution in [1.82, 2.24) is 5.32 Å². The molecule has 0 spiro atoms. The first-order valence-electron chi connectivity index (χ1n) is 6.37. The number of hydrogen-bond acceptors (Lipinski definition) is 3. The monoisotopic (exact) mass is 343 g/mol. The summed E-state index contributed by atoms with van der Waals surface area (Å²) in [4.78, 5) is 13.0. The van der Waals surface area contributed by atoms with E-state index in [1.165, 1.54) is 6.42 Å². The van der Waals surface area contributed by atoms with Crippen LogP contribution in [0.2, 0.25) is 0 Å². The minimum absolute atomic E-state index is 0.0136. The smallest absolute Gasteiger partial charge is 0.244 e. The highest BCUT2D eigenvalue weighted by Crippen LogP contribution is 2.34. The van der Waals surface area contributed by atoms with E-state index in [-0.39, 0.29) is 11.4 Å². The van der Waals surface area contributed by atoms with Crippen molar-refractivity contribution in [2.75, 3.05) is 13.7 Å². The third kappa shape index (κ3) is 4.16. The van der Waals surface area contributed by atoms with Crippen molar-refractivity contribution >= 4 is 39.2 Å². The zero-order chi connectivity index (χ0) is 13.7. The fourth-order valence-corrected chi connectivity index (χ4v) is 3.55. The van der Waals surface area contributed by atoms with E-state index < -0.39 is 0 Å². The summed E-state index contributed by atoms with van der Waals surface area (Å²) in [7, 11) is 1.70. The van der Waals surface area contributed by atoms with Crippen molar-refractivity contribution in [2.24, 2.45) is 0 Å². The first-order chi connectivity index (χ1) is 9.13. The Balaban J connectivity index is 1.87. The Kier molecular flexibility index (Phi) is 5.19. The van der Waals surface area contributed by atoms with Crippen molar-refractivity contribution in [1.29, 1.82) is 0 Å². The van der Waals surface area contributed by atoms with Gasteiger partial charge in [-0.25, -0.2) is 0 Å². The highest BCUT2D eigenvalue weighted by Gasteiger charge is 2.37. The van der Waals surface area contributed by atoms with Crippen LogP contribution in [-0.4, -0.2) is 25.2 Å². The SMILES string of the molecule is COCCC1(NC(=O)C=Cc2cc(Br)cs2)CCC1. The van der Waals surface area contributed by atoms with Gasteiger partial charge in [-0.1, -0.05) is 0 Å². The first kappa shape index (κ1) is 14.8. The summed E-state index contributed by atoms with van der Waals surface area (Å²) in [5.74, 6) is -0.0136. The maximum atomic E-state index is 11.9. The quantitative estimate of drug-likeness (QED) is 0.801. The van der Waals surface area contributed by atoms with Crippen LogP contribution in [0.1, 0.15) is 30.6 Å². The fourth-order valence-electron chi connectivity index (χ4n) is 2.21. The lowest BCUT2D eigenvalue weighted by atomic mass is 9.74. The molecule has 3 nitrogen and oxygen atoms in total. The van der Waals surface area contributed by atoms with E-state index in [1.54, 1.807) is 24.5 Å². The molecule has 1 saturated carbocycles. The zero-order valence-corrected chi connectivity index (χ0v) is 13.4. The van der Waals surface area contributed by atoms with Gasteiger partial charge in [0.25, 0.3) is 0 Å². The molecule has 0 saturated heterocycles. The van der Waals surface area contributed by atoms with Crippen LogP contribution in [0.25, 0.3) is 6.08 Å². The fraction of sp³-hybridized carbons (Fsp3) is 0.500. The summed E-state index contributed by atoms with van der Waals surface area (Å²) in [6.45, 7) is 0.696. The number of halogens is 1. The number of hydrogen-bond donors (Lipinski definition) is 1. The topological polar surface area (TPSA) is 38.3 Å². The first-order valence-corrected chi connectivity index (χ1v) is 8.04. The Bertz CT molecular complexity index is 466. The molecule has 104 valence electrons. The van der Waals surface area contributed by atoms with Crippen LogP contribution in [-0.2, 0) is 9.53 Å². The van der Waals surface area contributed by atoms with E-state index in [0.717, 1.165) is 28.6 Å². The molecule has 5 heteroatoms. The number of amides is 1. The van der Waals surface area contributed by atoms with Gasteiger partial charge in [0.2, 0.25) is 5.91 Å². The summed E-state index contributed by atoms with van der Waals surface area (Å²) in [5.41, 5.74) is -0.0343. The normalized spacial score (nSPS) is 17.4. The molecule has 0 aliphatic heterocycles. The third-order valence-electron chi connectivity index (χ3n) is 3.47. The molecular formula is C14H18BrNO2S. The molecule has 1 amide bonds. The summed E-state index contributed by atoms with van der Waals surface area (Å²) < 4.78 is 6.16. The van der Waals surface area contributed by atoms with Crippen molar-refractivity contribution in [3.05, 3.63) is 26.9 Å². The van der Waals surface area contributed by atoms with E-state index in [2.05, 4.69) is 21.2 Å². The Hall–Kier alpha value is -0.650. The minimum atomic E-state index is -0.0343. The van der Waals surface area contributed by atoms with Gasteiger partial charge in [-0.3, -0.25) is 4.79 Å². The Morgan fingerprint density at radius 2 is 2.42 bits per heavy atom. The molecule has 1 aliphatic carbocycles. The molecule has 0 aromatic carbocycles. The van der Waals surface area contributed by atoms with Crippen LogP contribution >= 0.6 is 27.3 Å². The van der Waals surface area contributed by atoms with Crippen molar-refractivity contribution in [3.8, 4) is 0 Å². The van der Waals surface area contributed by atoms with Crippen LogP contribution in [0.5, 0.6) is 0 Å². The average Bonchev–Trinajstić information content (AvgIpc) is 2.76. The molecule has 0 radical (unpaired) electrons. The highest BCUT2D eigenvalue weighted by molar-refractivity contribution is 9.10. The molecule has 19 heavy (non-hydrogen) atoms. The molecule has 1 heterocycles. The second-order valence-corrected chi connectivity index (χ2v) is 6.73. The van der Waals surface area contributed by atoms with E-state index in [1.807, 2.05) is 17.5 Å². The number of carbonyl (C=O) groups is 1. The molecule has 1 aliphatic rings. The number of nitrogens with one attached hydrogen (secondary N) is 1. The molecule has 0 unspecified atom stereocenters. The van der Waals surface area contributed by atoms with Crippen molar-refractivity contribution in [2.45, 2.75) is 31.2 Å². The van der Waals surface area contributed by atoms with Gasteiger partial charge in [0.15, 0.2) is 0 Å². The lowest BCUT2D eigenvalue weighted by Gasteiger charge is -2.42. The second kappa shape index (κ2) is 6.68. The van der Waals surface area contributed by atoms with Crippen LogP contribution in [0.4, 0.5) is 0 Å². The summed E-state index contributed by atoms with van der Waals surface area (Å²) >= 11 is 5.01. The molecule has 1 N–H and O–H groups in total. The Morgan fingerprint density at radius 1 is 1.63 bits per heavy atom. The lowest BCUT2D eigenvalue weighted by molar-refractivity contribution is -0.119. The van der Waals surface area contributed by atoms with Gasteiger partial charge in [-0.2, -0.15) is 0 Å². The lowest BCUT2D eigenvalue weighted by Crippen LogP contribution is -2.53. The Labute approximate surface area is 126 Å². The van der Waals surface area contributed by atoms with Crippen LogP contribution in [0, 0.1) is 0 Å². The molecule has 0 atom stereocenters. The van der Waals surface area contributed by atoms with E-state index in [4.69, 9.17) is 4.74 Å². The molecule has 1 fully saturated rings. The second-order valence-electron chi connectivity index (χ2n) is 4.87. The molecule has 1 aromatic rings. The maximum absolute atomic E-state index is 11.9. The van der Waals surface area contributed by atoms with Gasteiger partial charge in [-0.05, 0) is 53.8 Å². The van der Waals surface area contributed by atoms with Gasteiger partial charge >= 0.3 is 0 Å². The summed E-state index contributed by atoms with van der Waals surface area (Å²) in [6.07, 6.45) is 7.67. The molecule has 2 rings (SSSR count). The zero-order valence-electron chi connectivity index (χ0n) is 10.9. The van der Waals surface area contributed by atoms with Gasteiger partial charge in [0, 0.05) is 40.1 Å². The predicted octanol–water partition coefficient (Wildman–Crippen LogP) is 3.60. The number of carbonyl (C=O) groups excluding carboxylic acids is 1. The number of ether oxygens (including phenoxy) is 1. The highest BCUT2D eigenvalue weighted by atomic mass is 79.9. The van der Waals surface area contributed by atoms with E-state index >= 15 is 0 Å². The van der Waals surface area contributed by atoms with Crippen molar-refractivity contribution in [3.63, 3.8) is 0 Å². The number of rotatable bonds is 6. The summed E-state index contributed by atoms with van der Waals surface area (Å²) in [5, 5.41) is 5.13. The van der Waals surface area contributed by atoms with Gasteiger partial charge in [0.05, 0.1) is 0 Å². The van der Waals surface area contributed by atoms with Gasteiger partial charge in [0.1, 0.15) is 0 Å². The largest absolute Gasteiger partial charge is 0.385 e. The number of methoxy groups -OCH3 is 1. The standard InChI is InChI=1S/C14H18BrNO2S/c1-18-8-7-14(5-2-6-14)16-13(17)4-3-12-9-11(15)10-19-12/h3-4,9-10H,2,5-8H2,1H3,(H,16,17). The third-order valence-corrected chi connectivity index (χ3v) is 5.13. The Morgan fingerprint density at radius 3 is 2.95 bits per heavy atom. The van der Waals surface area contributed by atoms with E-state index in [9.17, 15) is 4.79 Å². The predicted molar refractivity (Wildman–Crippen MR) is 82.3 cm³/mol. The van der Waals surface area contributed by atoms with Crippen LogP contribution in [0.15, 0.2) is 22.0 Å². The molecule has 1 aromatic heterocycles. The number of thiophene rings is 1. The van der Waals surface area contributed by atoms with Gasteiger partial charge < -0.3 is 10.1 Å². The van der Waals surface area contributed by atoms with E-state index in [0.29, 0.717) is 6.61 Å². The average molecular weight is 344 g/mol. The van der Waals surface area contributed by atoms with Crippen LogP contribution < -0.4 is 5.32 Å². The molecular weight excluding hydrogens is 326 g/mol. The van der Waals surface area contributed by atoms with Crippen LogP contribution in [0.3, 0.4) is 0 Å². The minimum Gasteiger partial charge on any atom is -0.385 e. The van der Waals surface area contributed by atoms with Gasteiger partial charge in [-0.15, -0.1) is 11.3 Å². The molecule has 0 bridgehead atoms.